The number of amides is 1. The van der Waals surface area contributed by atoms with Gasteiger partial charge in [-0.1, -0.05) is 6.92 Å². The molecule has 0 N–H and O–H groups in total. The van der Waals surface area contributed by atoms with E-state index < -0.39 is 32.3 Å². The molecule has 2 saturated heterocycles. The molecule has 1 atom stereocenters. The number of anilines is 1. The Morgan fingerprint density at radius 2 is 1.71 bits per heavy atom. The summed E-state index contributed by atoms with van der Waals surface area (Å²) in [5, 5.41) is 0. The molecule has 1 aromatic carbocycles. The number of rotatable bonds is 6. The van der Waals surface area contributed by atoms with Crippen molar-refractivity contribution >= 4 is 21.7 Å². The van der Waals surface area contributed by atoms with Crippen molar-refractivity contribution in [3.05, 3.63) is 47.3 Å². The minimum Gasteiger partial charge on any atom is -0.341 e. The summed E-state index contributed by atoms with van der Waals surface area (Å²) >= 11 is 0. The van der Waals surface area contributed by atoms with Gasteiger partial charge in [0.15, 0.2) is 9.84 Å². The van der Waals surface area contributed by atoms with Gasteiger partial charge in [0.25, 0.3) is 0 Å². The number of hydrogen-bond donors (Lipinski definition) is 0. The number of hydrogen-bond acceptors (Lipinski definition) is 6. The van der Waals surface area contributed by atoms with E-state index in [4.69, 9.17) is 0 Å². The highest BCUT2D eigenvalue weighted by molar-refractivity contribution is 7.90. The van der Waals surface area contributed by atoms with Gasteiger partial charge < -0.3 is 9.80 Å². The molecule has 4 rings (SSSR count). The summed E-state index contributed by atoms with van der Waals surface area (Å²) in [6.45, 7) is 4.21. The number of sulfone groups is 1. The number of halogens is 2. The van der Waals surface area contributed by atoms with E-state index in [0.717, 1.165) is 62.7 Å². The maximum absolute atomic E-state index is 14.6. The van der Waals surface area contributed by atoms with Crippen LogP contribution in [0.2, 0.25) is 0 Å². The van der Waals surface area contributed by atoms with Gasteiger partial charge in [0.1, 0.15) is 16.5 Å². The van der Waals surface area contributed by atoms with E-state index in [1.165, 1.54) is 0 Å². The number of nitrogens with zero attached hydrogens (tertiary/aromatic N) is 4. The fourth-order valence-corrected chi connectivity index (χ4v) is 5.61. The molecule has 2 fully saturated rings. The number of carbonyl (C=O) groups is 1. The van der Waals surface area contributed by atoms with Crippen LogP contribution in [-0.4, -0.2) is 61.1 Å². The minimum atomic E-state index is -3.87. The standard InChI is InChI=1S/C24H30F2N4O3S/c1-3-16-14-27-24(28-15-16)29-9-6-19(7-10-29)30-8-4-5-17(23(30)31)11-18-12-21(26)22(13-20(18)25)34(2,32)33/h12-15,17,19H,3-11H2,1-2H3/t17-/m1/s1. The molecule has 34 heavy (non-hydrogen) atoms. The van der Waals surface area contributed by atoms with Gasteiger partial charge in [-0.15, -0.1) is 0 Å². The van der Waals surface area contributed by atoms with Crippen LogP contribution in [0.3, 0.4) is 0 Å². The maximum Gasteiger partial charge on any atom is 0.226 e. The summed E-state index contributed by atoms with van der Waals surface area (Å²) in [6, 6.07) is 1.73. The Morgan fingerprint density at radius 3 is 2.32 bits per heavy atom. The quantitative estimate of drug-likeness (QED) is 0.616. The SMILES string of the molecule is CCc1cnc(N2CCC(N3CCC[C@H](Cc4cc(F)c(S(C)(=O)=O)cc4F)C3=O)CC2)nc1. The van der Waals surface area contributed by atoms with Crippen molar-refractivity contribution in [2.75, 3.05) is 30.8 Å². The maximum atomic E-state index is 14.6. The second-order valence-electron chi connectivity index (χ2n) is 9.18. The normalized spacial score (nSPS) is 20.1. The van der Waals surface area contributed by atoms with Gasteiger partial charge in [-0.25, -0.2) is 27.2 Å². The molecule has 1 amide bonds. The van der Waals surface area contributed by atoms with Crippen molar-refractivity contribution in [1.29, 1.82) is 0 Å². The van der Waals surface area contributed by atoms with Crippen molar-refractivity contribution in [2.45, 2.75) is 56.4 Å². The zero-order valence-corrected chi connectivity index (χ0v) is 20.3. The molecule has 0 spiro atoms. The lowest BCUT2D eigenvalue weighted by molar-refractivity contribution is -0.141. The molecule has 0 saturated carbocycles. The lowest BCUT2D eigenvalue weighted by Crippen LogP contribution is -2.52. The zero-order chi connectivity index (χ0) is 24.5. The Balaban J connectivity index is 1.40. The van der Waals surface area contributed by atoms with Crippen molar-refractivity contribution in [3.8, 4) is 0 Å². The van der Waals surface area contributed by atoms with Crippen molar-refractivity contribution in [1.82, 2.24) is 14.9 Å². The van der Waals surface area contributed by atoms with E-state index in [1.54, 1.807) is 0 Å². The molecule has 10 heteroatoms. The number of aryl methyl sites for hydroxylation is 1. The molecule has 7 nitrogen and oxygen atoms in total. The van der Waals surface area contributed by atoms with Gasteiger partial charge in [0.2, 0.25) is 11.9 Å². The first-order chi connectivity index (χ1) is 16.2. The Bertz CT molecular complexity index is 1150. The average Bonchev–Trinajstić information content (AvgIpc) is 2.82. The monoisotopic (exact) mass is 492 g/mol. The number of benzene rings is 1. The Morgan fingerprint density at radius 1 is 1.03 bits per heavy atom. The van der Waals surface area contributed by atoms with Gasteiger partial charge in [0, 0.05) is 50.2 Å². The first-order valence-corrected chi connectivity index (χ1v) is 13.6. The Labute approximate surface area is 199 Å². The van der Waals surface area contributed by atoms with Gasteiger partial charge in [-0.2, -0.15) is 0 Å². The zero-order valence-electron chi connectivity index (χ0n) is 19.5. The average molecular weight is 493 g/mol. The predicted octanol–water partition coefficient (Wildman–Crippen LogP) is 3.17. The molecule has 1 aromatic heterocycles. The van der Waals surface area contributed by atoms with Gasteiger partial charge in [-0.3, -0.25) is 4.79 Å². The second kappa shape index (κ2) is 9.93. The molecule has 2 aliphatic rings. The second-order valence-corrected chi connectivity index (χ2v) is 11.2. The fourth-order valence-electron chi connectivity index (χ4n) is 4.88. The largest absolute Gasteiger partial charge is 0.341 e. The van der Waals surface area contributed by atoms with Crippen molar-refractivity contribution in [2.24, 2.45) is 5.92 Å². The summed E-state index contributed by atoms with van der Waals surface area (Å²) in [7, 11) is -3.87. The third-order valence-corrected chi connectivity index (χ3v) is 7.95. The fraction of sp³-hybridized carbons (Fsp3) is 0.542. The van der Waals surface area contributed by atoms with E-state index in [1.807, 2.05) is 17.3 Å². The van der Waals surface area contributed by atoms with Crippen LogP contribution in [-0.2, 0) is 27.5 Å². The first-order valence-electron chi connectivity index (χ1n) is 11.7. The number of carbonyl (C=O) groups excluding carboxylic acids is 1. The Hall–Kier alpha value is -2.62. The lowest BCUT2D eigenvalue weighted by atomic mass is 9.88. The molecule has 0 radical (unpaired) electrons. The van der Waals surface area contributed by atoms with E-state index in [9.17, 15) is 22.0 Å². The molecular formula is C24H30F2N4O3S. The highest BCUT2D eigenvalue weighted by Gasteiger charge is 2.35. The minimum absolute atomic E-state index is 0.0348. The van der Waals surface area contributed by atoms with Crippen molar-refractivity contribution in [3.63, 3.8) is 0 Å². The van der Waals surface area contributed by atoms with Crippen LogP contribution in [0.4, 0.5) is 14.7 Å². The molecule has 2 aromatic rings. The summed E-state index contributed by atoms with van der Waals surface area (Å²) < 4.78 is 52.2. The Kier molecular flexibility index (Phi) is 7.16. The third-order valence-electron chi connectivity index (χ3n) is 6.84. The molecule has 0 aliphatic carbocycles. The molecule has 0 unspecified atom stereocenters. The molecule has 3 heterocycles. The number of likely N-dealkylation sites (tertiary alicyclic amines) is 1. The lowest BCUT2D eigenvalue weighted by Gasteiger charge is -2.42. The van der Waals surface area contributed by atoms with E-state index in [-0.39, 0.29) is 23.9 Å². The molecule has 184 valence electrons. The number of aromatic nitrogens is 2. The van der Waals surface area contributed by atoms with Gasteiger partial charge >= 0.3 is 0 Å². The summed E-state index contributed by atoms with van der Waals surface area (Å²) in [6.07, 6.45) is 8.45. The highest BCUT2D eigenvalue weighted by atomic mass is 32.2. The topological polar surface area (TPSA) is 83.5 Å². The van der Waals surface area contributed by atoms with Crippen LogP contribution in [0.5, 0.6) is 0 Å². The highest BCUT2D eigenvalue weighted by Crippen LogP contribution is 2.30. The summed E-state index contributed by atoms with van der Waals surface area (Å²) in [5.74, 6) is -1.57. The van der Waals surface area contributed by atoms with Crippen LogP contribution < -0.4 is 4.90 Å². The number of piperidine rings is 2. The van der Waals surface area contributed by atoms with E-state index >= 15 is 0 Å². The summed E-state index contributed by atoms with van der Waals surface area (Å²) in [5.41, 5.74) is 1.12. The van der Waals surface area contributed by atoms with Crippen LogP contribution in [0.15, 0.2) is 29.4 Å². The smallest absolute Gasteiger partial charge is 0.226 e. The van der Waals surface area contributed by atoms with Crippen LogP contribution in [0, 0.1) is 17.6 Å². The van der Waals surface area contributed by atoms with Crippen LogP contribution in [0.1, 0.15) is 43.7 Å². The molecule has 2 aliphatic heterocycles. The van der Waals surface area contributed by atoms with E-state index in [2.05, 4.69) is 21.8 Å². The molecular weight excluding hydrogens is 462 g/mol. The van der Waals surface area contributed by atoms with Crippen LogP contribution >= 0.6 is 0 Å². The first kappa shape index (κ1) is 24.5. The third kappa shape index (κ3) is 5.21. The van der Waals surface area contributed by atoms with Gasteiger partial charge in [0.05, 0.1) is 0 Å². The molecule has 0 bridgehead atoms. The predicted molar refractivity (Wildman–Crippen MR) is 124 cm³/mol. The summed E-state index contributed by atoms with van der Waals surface area (Å²) in [4.78, 5) is 25.5. The van der Waals surface area contributed by atoms with E-state index in [0.29, 0.717) is 18.9 Å². The van der Waals surface area contributed by atoms with Gasteiger partial charge in [-0.05, 0) is 61.8 Å². The van der Waals surface area contributed by atoms with Crippen LogP contribution in [0.25, 0.3) is 0 Å². The van der Waals surface area contributed by atoms with Crippen molar-refractivity contribution < 1.29 is 22.0 Å².